The number of nitrogens with one attached hydrogen (secondary N) is 1. The lowest BCUT2D eigenvalue weighted by atomic mass is 9.99. The van der Waals surface area contributed by atoms with Gasteiger partial charge in [0.05, 0.1) is 6.54 Å². The van der Waals surface area contributed by atoms with Crippen LogP contribution in [0, 0.1) is 20.8 Å². The summed E-state index contributed by atoms with van der Waals surface area (Å²) in [7, 11) is 0. The number of carbonyl (C=O) groups is 3. The zero-order chi connectivity index (χ0) is 18.6. The maximum atomic E-state index is 12.3. The molecule has 1 amide bonds. The molecule has 0 saturated heterocycles. The molecule has 1 aromatic carbocycles. The van der Waals surface area contributed by atoms with Crippen LogP contribution in [-0.4, -0.2) is 22.8 Å². The number of hydrogen-bond donors (Lipinski definition) is 2. The van der Waals surface area contributed by atoms with E-state index in [9.17, 15) is 14.4 Å². The van der Waals surface area contributed by atoms with Crippen LogP contribution in [0.2, 0.25) is 0 Å². The van der Waals surface area contributed by atoms with Gasteiger partial charge in [-0.15, -0.1) is 0 Å². The topological polar surface area (TPSA) is 96.6 Å². The van der Waals surface area contributed by atoms with Gasteiger partial charge < -0.3 is 14.8 Å². The molecule has 1 aromatic heterocycles. The number of benzene rings is 1. The van der Waals surface area contributed by atoms with Gasteiger partial charge in [0.15, 0.2) is 5.78 Å². The fraction of sp³-hybridized carbons (Fsp3) is 0.316. The normalized spacial score (nSPS) is 10.5. The van der Waals surface area contributed by atoms with Gasteiger partial charge in [-0.25, -0.2) is 4.79 Å². The molecule has 0 aliphatic carbocycles. The molecule has 132 valence electrons. The summed E-state index contributed by atoms with van der Waals surface area (Å²) in [6.07, 6.45) is 0.186. The van der Waals surface area contributed by atoms with E-state index in [-0.39, 0.29) is 36.6 Å². The van der Waals surface area contributed by atoms with Crippen molar-refractivity contribution >= 4 is 17.7 Å². The Labute approximate surface area is 145 Å². The molecule has 6 heteroatoms. The molecule has 2 rings (SSSR count). The predicted octanol–water partition coefficient (Wildman–Crippen LogP) is 3.18. The van der Waals surface area contributed by atoms with Gasteiger partial charge in [-0.2, -0.15) is 0 Å². The Morgan fingerprint density at radius 1 is 1.04 bits per heavy atom. The van der Waals surface area contributed by atoms with Crippen molar-refractivity contribution < 1.29 is 23.9 Å². The molecule has 0 unspecified atom stereocenters. The molecule has 0 bridgehead atoms. The number of aryl methyl sites for hydroxylation is 3. The molecule has 0 fully saturated rings. The Kier molecular flexibility index (Phi) is 5.75. The molecule has 2 N–H and O–H groups in total. The minimum absolute atomic E-state index is 0.0672. The summed E-state index contributed by atoms with van der Waals surface area (Å²) in [6, 6.07) is 7.05. The van der Waals surface area contributed by atoms with Crippen LogP contribution in [0.15, 0.2) is 28.7 Å². The second-order valence-electron chi connectivity index (χ2n) is 6.01. The zero-order valence-electron chi connectivity index (χ0n) is 14.5. The number of hydrogen-bond acceptors (Lipinski definition) is 4. The number of Topliss-reactive ketones (excluding diaryl/α,β-unsaturated/α-hetero) is 1. The van der Waals surface area contributed by atoms with Crippen LogP contribution in [-0.2, 0) is 11.3 Å². The van der Waals surface area contributed by atoms with Gasteiger partial charge in [0.1, 0.15) is 17.1 Å². The quantitative estimate of drug-likeness (QED) is 0.753. The highest BCUT2D eigenvalue weighted by Crippen LogP contribution is 2.15. The number of aromatic carboxylic acids is 1. The lowest BCUT2D eigenvalue weighted by molar-refractivity contribution is -0.121. The smallest absolute Gasteiger partial charge is 0.339 e. The highest BCUT2D eigenvalue weighted by atomic mass is 16.4. The van der Waals surface area contributed by atoms with Crippen molar-refractivity contribution in [1.82, 2.24) is 5.32 Å². The monoisotopic (exact) mass is 343 g/mol. The van der Waals surface area contributed by atoms with Gasteiger partial charge in [0.2, 0.25) is 5.91 Å². The molecule has 1 heterocycles. The fourth-order valence-corrected chi connectivity index (χ4v) is 2.52. The van der Waals surface area contributed by atoms with Gasteiger partial charge in [-0.3, -0.25) is 9.59 Å². The first-order valence-electron chi connectivity index (χ1n) is 7.97. The largest absolute Gasteiger partial charge is 0.478 e. The SMILES string of the molecule is Cc1ccc(C)c(C(=O)CCC(=O)NCc2cc(C(=O)O)c(C)o2)c1. The van der Waals surface area contributed by atoms with E-state index in [4.69, 9.17) is 9.52 Å². The number of carbonyl (C=O) groups excluding carboxylic acids is 2. The van der Waals surface area contributed by atoms with E-state index in [0.717, 1.165) is 11.1 Å². The first kappa shape index (κ1) is 18.4. The number of ketones is 1. The van der Waals surface area contributed by atoms with E-state index in [0.29, 0.717) is 17.1 Å². The summed E-state index contributed by atoms with van der Waals surface area (Å²) in [5, 5.41) is 11.6. The summed E-state index contributed by atoms with van der Waals surface area (Å²) in [4.78, 5) is 35.1. The van der Waals surface area contributed by atoms with Crippen molar-refractivity contribution in [2.24, 2.45) is 0 Å². The first-order chi connectivity index (χ1) is 11.8. The summed E-state index contributed by atoms with van der Waals surface area (Å²) in [5.41, 5.74) is 2.61. The molecule has 0 aliphatic heterocycles. The van der Waals surface area contributed by atoms with Crippen molar-refractivity contribution in [3.8, 4) is 0 Å². The van der Waals surface area contributed by atoms with Crippen molar-refractivity contribution in [2.75, 3.05) is 0 Å². The van der Waals surface area contributed by atoms with E-state index in [1.165, 1.54) is 6.07 Å². The second kappa shape index (κ2) is 7.79. The molecule has 0 saturated carbocycles. The molecule has 0 radical (unpaired) electrons. The van der Waals surface area contributed by atoms with Crippen LogP contribution < -0.4 is 5.32 Å². The van der Waals surface area contributed by atoms with Gasteiger partial charge in [-0.05, 0) is 38.5 Å². The molecule has 25 heavy (non-hydrogen) atoms. The third-order valence-electron chi connectivity index (χ3n) is 3.93. The Balaban J connectivity index is 1.86. The van der Waals surface area contributed by atoms with Crippen LogP contribution >= 0.6 is 0 Å². The van der Waals surface area contributed by atoms with Crippen molar-refractivity contribution in [3.05, 3.63) is 58.0 Å². The lowest BCUT2D eigenvalue weighted by Gasteiger charge is -2.07. The van der Waals surface area contributed by atoms with Crippen LogP contribution in [0.25, 0.3) is 0 Å². The third-order valence-corrected chi connectivity index (χ3v) is 3.93. The number of carboxylic acid groups (broad SMARTS) is 1. The average Bonchev–Trinajstić information content (AvgIpc) is 2.94. The van der Waals surface area contributed by atoms with Gasteiger partial charge in [0.25, 0.3) is 0 Å². The number of rotatable bonds is 7. The third kappa shape index (κ3) is 4.79. The zero-order valence-corrected chi connectivity index (χ0v) is 14.5. The first-order valence-corrected chi connectivity index (χ1v) is 7.97. The van der Waals surface area contributed by atoms with Crippen LogP contribution in [0.1, 0.15) is 56.2 Å². The minimum Gasteiger partial charge on any atom is -0.478 e. The predicted molar refractivity (Wildman–Crippen MR) is 91.7 cm³/mol. The second-order valence-corrected chi connectivity index (χ2v) is 6.01. The lowest BCUT2D eigenvalue weighted by Crippen LogP contribution is -2.23. The van der Waals surface area contributed by atoms with Crippen molar-refractivity contribution in [2.45, 2.75) is 40.2 Å². The van der Waals surface area contributed by atoms with E-state index in [2.05, 4.69) is 5.32 Å². The Morgan fingerprint density at radius 2 is 1.76 bits per heavy atom. The van der Waals surface area contributed by atoms with E-state index in [1.54, 1.807) is 6.92 Å². The molecule has 2 aromatic rings. The van der Waals surface area contributed by atoms with Crippen molar-refractivity contribution in [1.29, 1.82) is 0 Å². The van der Waals surface area contributed by atoms with Crippen LogP contribution in [0.5, 0.6) is 0 Å². The minimum atomic E-state index is -1.07. The van der Waals surface area contributed by atoms with E-state index in [1.807, 2.05) is 32.0 Å². The number of amides is 1. The summed E-state index contributed by atoms with van der Waals surface area (Å²) >= 11 is 0. The molecule has 0 atom stereocenters. The summed E-state index contributed by atoms with van der Waals surface area (Å²) in [5.74, 6) is -0.771. The number of carboxylic acids is 1. The highest BCUT2D eigenvalue weighted by molar-refractivity contribution is 5.99. The van der Waals surface area contributed by atoms with Crippen LogP contribution in [0.4, 0.5) is 0 Å². The summed E-state index contributed by atoms with van der Waals surface area (Å²) < 4.78 is 5.29. The molecular formula is C19H21NO5. The maximum absolute atomic E-state index is 12.3. The molecular weight excluding hydrogens is 322 g/mol. The van der Waals surface area contributed by atoms with Gasteiger partial charge >= 0.3 is 5.97 Å². The molecule has 0 aliphatic rings. The fourth-order valence-electron chi connectivity index (χ4n) is 2.52. The number of furan rings is 1. The summed E-state index contributed by atoms with van der Waals surface area (Å²) in [6.45, 7) is 5.42. The van der Waals surface area contributed by atoms with Gasteiger partial charge in [0, 0.05) is 18.4 Å². The molecule has 6 nitrogen and oxygen atoms in total. The average molecular weight is 343 g/mol. The molecule has 0 spiro atoms. The van der Waals surface area contributed by atoms with E-state index >= 15 is 0 Å². The van der Waals surface area contributed by atoms with Gasteiger partial charge in [-0.1, -0.05) is 17.7 Å². The Hall–Kier alpha value is -2.89. The highest BCUT2D eigenvalue weighted by Gasteiger charge is 2.15. The Bertz CT molecular complexity index is 819. The van der Waals surface area contributed by atoms with Crippen LogP contribution in [0.3, 0.4) is 0 Å². The maximum Gasteiger partial charge on any atom is 0.339 e. The van der Waals surface area contributed by atoms with E-state index < -0.39 is 5.97 Å². The standard InChI is InChI=1S/C19H21NO5/c1-11-4-5-12(2)15(8-11)17(21)6-7-18(22)20-10-14-9-16(19(23)24)13(3)25-14/h4-5,8-9H,6-7,10H2,1-3H3,(H,20,22)(H,23,24). The Morgan fingerprint density at radius 3 is 2.40 bits per heavy atom. The van der Waals surface area contributed by atoms with Crippen molar-refractivity contribution in [3.63, 3.8) is 0 Å².